The summed E-state index contributed by atoms with van der Waals surface area (Å²) in [5, 5.41) is 0. The highest BCUT2D eigenvalue weighted by Gasteiger charge is 2.32. The first-order valence-electron chi connectivity index (χ1n) is 4.74. The molecule has 0 bridgehead atoms. The molecule has 0 aliphatic carbocycles. The number of carbonyl (C=O) groups excluding carboxylic acids is 1. The van der Waals surface area contributed by atoms with Crippen LogP contribution in [0.2, 0.25) is 0 Å². The van der Waals surface area contributed by atoms with Crippen molar-refractivity contribution in [2.75, 3.05) is 17.7 Å². The zero-order valence-electron chi connectivity index (χ0n) is 8.38. The van der Waals surface area contributed by atoms with Crippen molar-refractivity contribution >= 4 is 24.4 Å². The van der Waals surface area contributed by atoms with Gasteiger partial charge in [0.2, 0.25) is 0 Å². The Morgan fingerprint density at radius 3 is 3.20 bits per heavy atom. The van der Waals surface area contributed by atoms with Gasteiger partial charge in [0, 0.05) is 19.7 Å². The third-order valence-electron chi connectivity index (χ3n) is 2.34. The van der Waals surface area contributed by atoms with Crippen molar-refractivity contribution in [1.29, 1.82) is 0 Å². The van der Waals surface area contributed by atoms with E-state index in [4.69, 9.17) is 4.74 Å². The Labute approximate surface area is 93.7 Å². The van der Waals surface area contributed by atoms with Crippen LogP contribution >= 0.6 is 12.6 Å². The number of ether oxygens (including phenoxy) is 1. The molecule has 1 unspecified atom stereocenters. The fourth-order valence-corrected chi connectivity index (χ4v) is 1.78. The van der Waals surface area contributed by atoms with E-state index in [1.807, 2.05) is 6.07 Å². The molecule has 0 N–H and O–H groups in total. The summed E-state index contributed by atoms with van der Waals surface area (Å²) in [7, 11) is 1.71. The minimum atomic E-state index is -0.427. The Kier molecular flexibility index (Phi) is 2.81. The summed E-state index contributed by atoms with van der Waals surface area (Å²) in [5.41, 5.74) is 0. The maximum atomic E-state index is 11.8. The van der Waals surface area contributed by atoms with Gasteiger partial charge in [-0.25, -0.2) is 4.98 Å². The van der Waals surface area contributed by atoms with Crippen LogP contribution in [-0.2, 0) is 4.79 Å². The van der Waals surface area contributed by atoms with Crippen LogP contribution in [0.5, 0.6) is 5.75 Å². The number of hydrogen-bond donors (Lipinski definition) is 1. The minimum Gasteiger partial charge on any atom is -0.477 e. The van der Waals surface area contributed by atoms with Crippen molar-refractivity contribution in [3.8, 4) is 5.75 Å². The van der Waals surface area contributed by atoms with E-state index >= 15 is 0 Å². The maximum absolute atomic E-state index is 11.8. The summed E-state index contributed by atoms with van der Waals surface area (Å²) in [5.74, 6) is 1.80. The van der Waals surface area contributed by atoms with Gasteiger partial charge < -0.3 is 4.74 Å². The second kappa shape index (κ2) is 4.10. The summed E-state index contributed by atoms with van der Waals surface area (Å²) < 4.78 is 5.55. The highest BCUT2D eigenvalue weighted by Crippen LogP contribution is 2.31. The van der Waals surface area contributed by atoms with Crippen LogP contribution in [0.25, 0.3) is 0 Å². The first-order valence-corrected chi connectivity index (χ1v) is 5.37. The molecule has 1 aliphatic heterocycles. The van der Waals surface area contributed by atoms with E-state index in [1.165, 1.54) is 4.90 Å². The van der Waals surface area contributed by atoms with Crippen molar-refractivity contribution in [1.82, 2.24) is 4.98 Å². The van der Waals surface area contributed by atoms with Gasteiger partial charge in [-0.05, 0) is 17.9 Å². The first kappa shape index (κ1) is 10.3. The monoisotopic (exact) mass is 224 g/mol. The van der Waals surface area contributed by atoms with Crippen molar-refractivity contribution in [2.24, 2.45) is 0 Å². The summed E-state index contributed by atoms with van der Waals surface area (Å²) in [6.45, 7) is 0. The number of anilines is 1. The average Bonchev–Trinajstić information content (AvgIpc) is 2.26. The molecule has 4 nitrogen and oxygen atoms in total. The van der Waals surface area contributed by atoms with Crippen molar-refractivity contribution < 1.29 is 9.53 Å². The van der Waals surface area contributed by atoms with Gasteiger partial charge in [0.1, 0.15) is 0 Å². The highest BCUT2D eigenvalue weighted by atomic mass is 32.1. The lowest BCUT2D eigenvalue weighted by molar-refractivity contribution is -0.126. The van der Waals surface area contributed by atoms with Crippen molar-refractivity contribution in [3.05, 3.63) is 18.3 Å². The predicted molar refractivity (Wildman–Crippen MR) is 60.5 cm³/mol. The highest BCUT2D eigenvalue weighted by molar-refractivity contribution is 7.80. The number of thiol groups is 1. The largest absolute Gasteiger partial charge is 0.477 e. The lowest BCUT2D eigenvalue weighted by Crippen LogP contribution is -2.44. The number of carbonyl (C=O) groups is 1. The Bertz CT molecular complexity index is 383. The molecule has 2 heterocycles. The van der Waals surface area contributed by atoms with E-state index in [-0.39, 0.29) is 5.91 Å². The van der Waals surface area contributed by atoms with Gasteiger partial charge >= 0.3 is 0 Å². The molecule has 15 heavy (non-hydrogen) atoms. The smallest absolute Gasteiger partial charge is 0.269 e. The second-order valence-corrected chi connectivity index (χ2v) is 3.79. The maximum Gasteiger partial charge on any atom is 0.269 e. The number of likely N-dealkylation sites (N-methyl/N-ethyl adjacent to an activating group) is 1. The van der Waals surface area contributed by atoms with E-state index in [2.05, 4.69) is 17.6 Å². The number of pyridine rings is 1. The third-order valence-corrected chi connectivity index (χ3v) is 2.59. The van der Waals surface area contributed by atoms with Crippen LogP contribution in [0.3, 0.4) is 0 Å². The van der Waals surface area contributed by atoms with Gasteiger partial charge in [0.15, 0.2) is 17.7 Å². The topological polar surface area (TPSA) is 42.4 Å². The number of amides is 1. The lowest BCUT2D eigenvalue weighted by Gasteiger charge is -2.30. The predicted octanol–water partition coefficient (Wildman–Crippen LogP) is 1.13. The Hall–Kier alpha value is -1.23. The van der Waals surface area contributed by atoms with Gasteiger partial charge in [-0.1, -0.05) is 0 Å². The Morgan fingerprint density at radius 2 is 2.47 bits per heavy atom. The van der Waals surface area contributed by atoms with Crippen LogP contribution in [0.15, 0.2) is 18.3 Å². The fraction of sp³-hybridized carbons (Fsp3) is 0.400. The van der Waals surface area contributed by atoms with Crippen LogP contribution < -0.4 is 9.64 Å². The van der Waals surface area contributed by atoms with Crippen molar-refractivity contribution in [3.63, 3.8) is 0 Å². The van der Waals surface area contributed by atoms with E-state index in [1.54, 1.807) is 19.3 Å². The summed E-state index contributed by atoms with van der Waals surface area (Å²) >= 11 is 4.10. The number of aromatic nitrogens is 1. The molecule has 0 saturated carbocycles. The molecule has 0 aromatic carbocycles. The quantitative estimate of drug-likeness (QED) is 0.766. The van der Waals surface area contributed by atoms with Crippen LogP contribution in [0.4, 0.5) is 5.82 Å². The van der Waals surface area contributed by atoms with Gasteiger partial charge in [-0.15, -0.1) is 0 Å². The third kappa shape index (κ3) is 1.79. The number of hydrogen-bond acceptors (Lipinski definition) is 4. The molecule has 1 aromatic rings. The molecule has 1 aromatic heterocycles. The fourth-order valence-electron chi connectivity index (χ4n) is 1.55. The van der Waals surface area contributed by atoms with Gasteiger partial charge in [-0.2, -0.15) is 12.6 Å². The standard InChI is InChI=1S/C10H12N2O2S/c1-12-9-7(3-2-5-11-9)14-8(4-6-15)10(12)13/h2-3,5,8,15H,4,6H2,1H3. The Balaban J connectivity index is 2.32. The minimum absolute atomic E-state index is 0.0600. The number of fused-ring (bicyclic) bond motifs is 1. The molecule has 1 amide bonds. The van der Waals surface area contributed by atoms with Gasteiger partial charge in [0.05, 0.1) is 0 Å². The van der Waals surface area contributed by atoms with E-state index in [9.17, 15) is 4.79 Å². The molecular weight excluding hydrogens is 212 g/mol. The molecule has 0 radical (unpaired) electrons. The molecule has 0 fully saturated rings. The van der Waals surface area contributed by atoms with Crippen LogP contribution in [0.1, 0.15) is 6.42 Å². The zero-order valence-corrected chi connectivity index (χ0v) is 9.28. The summed E-state index contributed by atoms with van der Waals surface area (Å²) in [4.78, 5) is 17.4. The molecular formula is C10H12N2O2S. The SMILES string of the molecule is CN1C(=O)C(CCS)Oc2cccnc21. The molecule has 1 aliphatic rings. The number of rotatable bonds is 2. The van der Waals surface area contributed by atoms with Gasteiger partial charge in [0.25, 0.3) is 5.91 Å². The lowest BCUT2D eigenvalue weighted by atomic mass is 10.2. The summed E-state index contributed by atoms with van der Waals surface area (Å²) in [6.07, 6.45) is 1.83. The molecule has 1 atom stereocenters. The zero-order chi connectivity index (χ0) is 10.8. The van der Waals surface area contributed by atoms with E-state index in [0.29, 0.717) is 23.7 Å². The number of nitrogens with zero attached hydrogens (tertiary/aromatic N) is 2. The normalized spacial score (nSPS) is 19.7. The van der Waals surface area contributed by atoms with E-state index in [0.717, 1.165) is 0 Å². The molecule has 80 valence electrons. The average molecular weight is 224 g/mol. The second-order valence-electron chi connectivity index (χ2n) is 3.34. The van der Waals surface area contributed by atoms with Crippen LogP contribution in [0, 0.1) is 0 Å². The molecule has 2 rings (SSSR count). The molecule has 0 saturated heterocycles. The molecule has 0 spiro atoms. The Morgan fingerprint density at radius 1 is 1.67 bits per heavy atom. The van der Waals surface area contributed by atoms with Crippen LogP contribution in [-0.4, -0.2) is 29.8 Å². The van der Waals surface area contributed by atoms with Crippen molar-refractivity contribution in [2.45, 2.75) is 12.5 Å². The first-order chi connectivity index (χ1) is 7.24. The van der Waals surface area contributed by atoms with E-state index < -0.39 is 6.10 Å². The molecule has 5 heteroatoms. The summed E-state index contributed by atoms with van der Waals surface area (Å²) in [6, 6.07) is 3.61. The van der Waals surface area contributed by atoms with Gasteiger partial charge in [-0.3, -0.25) is 9.69 Å².